The molecule has 5 aromatic carbocycles. The van der Waals surface area contributed by atoms with Gasteiger partial charge in [-0.15, -0.1) is 0 Å². The molecule has 0 N–H and O–H groups in total. The van der Waals surface area contributed by atoms with Crippen molar-refractivity contribution in [2.75, 3.05) is 0 Å². The fourth-order valence-corrected chi connectivity index (χ4v) is 5.29. The van der Waals surface area contributed by atoms with E-state index >= 15 is 0 Å². The van der Waals surface area contributed by atoms with Crippen LogP contribution in [0.2, 0.25) is 0 Å². The zero-order chi connectivity index (χ0) is 25.9. The third kappa shape index (κ3) is 4.70. The molecule has 0 aromatic heterocycles. The lowest BCUT2D eigenvalue weighted by Gasteiger charge is -2.38. The molecule has 0 saturated carbocycles. The Balaban J connectivity index is 1.81. The summed E-state index contributed by atoms with van der Waals surface area (Å²) in [6, 6.07) is 47.5. The van der Waals surface area contributed by atoms with Crippen LogP contribution < -0.4 is 4.74 Å². The quantitative estimate of drug-likeness (QED) is 0.219. The highest BCUT2D eigenvalue weighted by Crippen LogP contribution is 2.47. The van der Waals surface area contributed by atoms with Gasteiger partial charge in [0, 0.05) is 5.56 Å². The van der Waals surface area contributed by atoms with Crippen molar-refractivity contribution in [1.29, 1.82) is 0 Å². The Morgan fingerprint density at radius 3 is 1.38 bits per heavy atom. The maximum Gasteiger partial charge on any atom is 0.131 e. The summed E-state index contributed by atoms with van der Waals surface area (Å²) < 4.78 is 6.55. The molecule has 0 aliphatic carbocycles. The van der Waals surface area contributed by atoms with Crippen LogP contribution in [0, 0.1) is 6.92 Å². The van der Waals surface area contributed by atoms with E-state index in [9.17, 15) is 0 Å². The van der Waals surface area contributed by atoms with E-state index in [1.165, 1.54) is 27.8 Å². The van der Waals surface area contributed by atoms with E-state index in [1.54, 1.807) is 0 Å². The number of hydrogen-bond acceptors (Lipinski definition) is 1. The van der Waals surface area contributed by atoms with Gasteiger partial charge in [0.25, 0.3) is 0 Å². The summed E-state index contributed by atoms with van der Waals surface area (Å²) in [5.41, 5.74) is 6.63. The largest absolute Gasteiger partial charge is 0.457 e. The first-order chi connectivity index (χ1) is 17.9. The van der Waals surface area contributed by atoms with Gasteiger partial charge in [-0.3, -0.25) is 0 Å². The first-order valence-electron chi connectivity index (χ1n) is 13.0. The third-order valence-electron chi connectivity index (χ3n) is 7.15. The molecule has 0 atom stereocenters. The Kier molecular flexibility index (Phi) is 6.72. The second-order valence-electron chi connectivity index (χ2n) is 10.7. The summed E-state index contributed by atoms with van der Waals surface area (Å²) in [7, 11) is 0. The fourth-order valence-electron chi connectivity index (χ4n) is 5.29. The van der Waals surface area contributed by atoms with Crippen LogP contribution in [0.3, 0.4) is 0 Å². The molecular formula is C36H34O. The van der Waals surface area contributed by atoms with Gasteiger partial charge in [-0.1, -0.05) is 136 Å². The predicted molar refractivity (Wildman–Crippen MR) is 155 cm³/mol. The zero-order valence-corrected chi connectivity index (χ0v) is 22.1. The van der Waals surface area contributed by atoms with Crippen molar-refractivity contribution < 1.29 is 4.74 Å². The molecule has 37 heavy (non-hydrogen) atoms. The summed E-state index contributed by atoms with van der Waals surface area (Å²) in [5.74, 6) is 1.79. The molecule has 1 heteroatoms. The molecule has 0 heterocycles. The van der Waals surface area contributed by atoms with E-state index in [4.69, 9.17) is 4.74 Å². The van der Waals surface area contributed by atoms with Crippen LogP contribution in [-0.4, -0.2) is 0 Å². The SMILES string of the molecule is Cc1ccccc1Oc1ccc(C(c2ccccc2)(c2ccccc2)c2ccccc2)cc1C(C)(C)C. The Bertz CT molecular complexity index is 1370. The first-order valence-corrected chi connectivity index (χ1v) is 13.0. The van der Waals surface area contributed by atoms with Crippen LogP contribution in [-0.2, 0) is 10.8 Å². The van der Waals surface area contributed by atoms with E-state index in [0.29, 0.717) is 0 Å². The minimum absolute atomic E-state index is 0.121. The fraction of sp³-hybridized carbons (Fsp3) is 0.167. The van der Waals surface area contributed by atoms with Crippen LogP contribution in [0.5, 0.6) is 11.5 Å². The molecule has 0 spiro atoms. The second kappa shape index (κ2) is 10.1. The van der Waals surface area contributed by atoms with Crippen molar-refractivity contribution in [2.45, 2.75) is 38.5 Å². The van der Waals surface area contributed by atoms with Crippen molar-refractivity contribution in [1.82, 2.24) is 0 Å². The van der Waals surface area contributed by atoms with Gasteiger partial charge in [-0.2, -0.15) is 0 Å². The van der Waals surface area contributed by atoms with Gasteiger partial charge in [0.1, 0.15) is 11.5 Å². The van der Waals surface area contributed by atoms with Crippen molar-refractivity contribution in [3.8, 4) is 11.5 Å². The molecule has 0 bridgehead atoms. The molecule has 184 valence electrons. The number of ether oxygens (including phenoxy) is 1. The number of hydrogen-bond donors (Lipinski definition) is 0. The highest BCUT2D eigenvalue weighted by atomic mass is 16.5. The van der Waals surface area contributed by atoms with E-state index in [-0.39, 0.29) is 5.41 Å². The van der Waals surface area contributed by atoms with Gasteiger partial charge >= 0.3 is 0 Å². The van der Waals surface area contributed by atoms with Crippen molar-refractivity contribution in [3.63, 3.8) is 0 Å². The molecule has 0 unspecified atom stereocenters. The standard InChI is InChI=1S/C36H34O/c1-27-16-14-15-23-33(27)37-34-25-24-31(26-32(34)35(2,3)4)36(28-17-8-5-9-18-28,29-19-10-6-11-20-29)30-21-12-7-13-22-30/h5-26H,1-4H3. The van der Waals surface area contributed by atoms with Gasteiger partial charge in [0.05, 0.1) is 5.41 Å². The normalized spacial score (nSPS) is 11.8. The number of rotatable bonds is 6. The molecule has 0 saturated heterocycles. The van der Waals surface area contributed by atoms with Crippen molar-refractivity contribution in [2.24, 2.45) is 0 Å². The lowest BCUT2D eigenvalue weighted by Crippen LogP contribution is -2.31. The molecule has 0 aliphatic rings. The van der Waals surface area contributed by atoms with Gasteiger partial charge in [0.15, 0.2) is 0 Å². The van der Waals surface area contributed by atoms with E-state index in [2.05, 4.69) is 143 Å². The average molecular weight is 483 g/mol. The van der Waals surface area contributed by atoms with Gasteiger partial charge in [0.2, 0.25) is 0 Å². The molecule has 0 fully saturated rings. The molecule has 0 aliphatic heterocycles. The molecule has 1 nitrogen and oxygen atoms in total. The third-order valence-corrected chi connectivity index (χ3v) is 7.15. The summed E-state index contributed by atoms with van der Waals surface area (Å²) in [6.45, 7) is 8.86. The lowest BCUT2D eigenvalue weighted by atomic mass is 9.64. The molecular weight excluding hydrogens is 448 g/mol. The van der Waals surface area contributed by atoms with Crippen LogP contribution >= 0.6 is 0 Å². The van der Waals surface area contributed by atoms with Crippen molar-refractivity contribution in [3.05, 3.63) is 167 Å². The Morgan fingerprint density at radius 2 is 0.919 bits per heavy atom. The van der Waals surface area contributed by atoms with Crippen LogP contribution in [0.25, 0.3) is 0 Å². The average Bonchev–Trinajstić information content (AvgIpc) is 2.92. The highest BCUT2D eigenvalue weighted by molar-refractivity contribution is 5.61. The Morgan fingerprint density at radius 1 is 0.459 bits per heavy atom. The maximum atomic E-state index is 6.55. The summed E-state index contributed by atoms with van der Waals surface area (Å²) in [4.78, 5) is 0. The smallest absolute Gasteiger partial charge is 0.131 e. The summed E-state index contributed by atoms with van der Waals surface area (Å²) in [5, 5.41) is 0. The Hall–Kier alpha value is -4.10. The van der Waals surface area contributed by atoms with Gasteiger partial charge < -0.3 is 4.74 Å². The maximum absolute atomic E-state index is 6.55. The van der Waals surface area contributed by atoms with Crippen LogP contribution in [0.1, 0.15) is 54.2 Å². The number of benzene rings is 5. The zero-order valence-electron chi connectivity index (χ0n) is 22.1. The van der Waals surface area contributed by atoms with Gasteiger partial charge in [-0.25, -0.2) is 0 Å². The predicted octanol–water partition coefficient (Wildman–Crippen LogP) is 9.47. The minimum Gasteiger partial charge on any atom is -0.457 e. The van der Waals surface area contributed by atoms with E-state index in [0.717, 1.165) is 17.1 Å². The minimum atomic E-state index is -0.481. The highest BCUT2D eigenvalue weighted by Gasteiger charge is 2.39. The van der Waals surface area contributed by atoms with Crippen molar-refractivity contribution >= 4 is 0 Å². The summed E-state index contributed by atoms with van der Waals surface area (Å²) in [6.07, 6.45) is 0. The topological polar surface area (TPSA) is 9.23 Å². The van der Waals surface area contributed by atoms with Crippen LogP contribution in [0.4, 0.5) is 0 Å². The second-order valence-corrected chi connectivity index (χ2v) is 10.7. The molecule has 0 amide bonds. The lowest BCUT2D eigenvalue weighted by molar-refractivity contribution is 0.451. The Labute approximate surface area is 221 Å². The molecule has 5 rings (SSSR count). The van der Waals surface area contributed by atoms with E-state index in [1.807, 2.05) is 18.2 Å². The monoisotopic (exact) mass is 482 g/mol. The summed E-state index contributed by atoms with van der Waals surface area (Å²) >= 11 is 0. The molecule has 0 radical (unpaired) electrons. The van der Waals surface area contributed by atoms with E-state index < -0.39 is 5.41 Å². The van der Waals surface area contributed by atoms with Gasteiger partial charge in [-0.05, 0) is 58.4 Å². The number of aryl methyl sites for hydroxylation is 1. The van der Waals surface area contributed by atoms with Crippen LogP contribution in [0.15, 0.2) is 133 Å². The first kappa shape index (κ1) is 24.6. The molecule has 5 aromatic rings. The number of para-hydroxylation sites is 1.